The monoisotopic (exact) mass is 494 g/mol. The van der Waals surface area contributed by atoms with Gasteiger partial charge in [0, 0.05) is 18.3 Å². The number of nitrogens with one attached hydrogen (secondary N) is 2. The van der Waals surface area contributed by atoms with Crippen molar-refractivity contribution in [1.29, 1.82) is 0 Å². The van der Waals surface area contributed by atoms with E-state index in [1.54, 1.807) is 6.20 Å². The average Bonchev–Trinajstić information content (AvgIpc) is 2.70. The first-order valence-electron chi connectivity index (χ1n) is 9.07. The van der Waals surface area contributed by atoms with Crippen LogP contribution in [0.1, 0.15) is 25.8 Å². The Labute approximate surface area is 184 Å². The van der Waals surface area contributed by atoms with Crippen molar-refractivity contribution in [2.24, 2.45) is 4.99 Å². The summed E-state index contributed by atoms with van der Waals surface area (Å²) in [4.78, 5) is 8.87. The van der Waals surface area contributed by atoms with Gasteiger partial charge in [-0.1, -0.05) is 18.9 Å². The highest BCUT2D eigenvalue weighted by molar-refractivity contribution is 14.0. The lowest BCUT2D eigenvalue weighted by molar-refractivity contribution is 0.317. The van der Waals surface area contributed by atoms with Crippen molar-refractivity contribution in [3.63, 3.8) is 0 Å². The van der Waals surface area contributed by atoms with Crippen LogP contribution < -0.4 is 20.1 Å². The highest BCUT2D eigenvalue weighted by Crippen LogP contribution is 2.25. The van der Waals surface area contributed by atoms with Gasteiger partial charge in [0.2, 0.25) is 5.88 Å². The fourth-order valence-corrected chi connectivity index (χ4v) is 2.21. The molecule has 1 aromatic heterocycles. The number of nitrogens with zero attached hydrogens (tertiary/aromatic N) is 2. The summed E-state index contributed by atoms with van der Waals surface area (Å²) in [5, 5.41) is 6.21. The molecule has 0 aliphatic rings. The maximum Gasteiger partial charge on any atom is 0.224 e. The minimum atomic E-state index is 0. The molecule has 2 rings (SSSR count). The van der Waals surface area contributed by atoms with Crippen LogP contribution in [0.5, 0.6) is 17.4 Å². The van der Waals surface area contributed by atoms with Gasteiger partial charge in [0.15, 0.2) is 5.96 Å². The van der Waals surface area contributed by atoms with Crippen molar-refractivity contribution in [2.75, 3.05) is 19.7 Å². The van der Waals surface area contributed by atoms with Crippen molar-refractivity contribution in [3.05, 3.63) is 48.2 Å². The summed E-state index contributed by atoms with van der Waals surface area (Å²) in [6, 6.07) is 11.3. The van der Waals surface area contributed by atoms with Gasteiger partial charge < -0.3 is 20.1 Å². The molecule has 0 bridgehead atoms. The number of benzene rings is 1. The molecule has 1 heterocycles. The third-order valence-electron chi connectivity index (χ3n) is 3.47. The minimum Gasteiger partial charge on any atom is -0.494 e. The predicted molar refractivity (Wildman–Crippen MR) is 124 cm³/mol. The van der Waals surface area contributed by atoms with Gasteiger partial charge in [0.1, 0.15) is 11.5 Å². The van der Waals surface area contributed by atoms with Crippen LogP contribution in [0.4, 0.5) is 0 Å². The second-order valence-electron chi connectivity index (χ2n) is 5.64. The van der Waals surface area contributed by atoms with Gasteiger partial charge in [-0.3, -0.25) is 0 Å². The highest BCUT2D eigenvalue weighted by atomic mass is 127. The Morgan fingerprint density at radius 1 is 1.14 bits per heavy atom. The third-order valence-corrected chi connectivity index (χ3v) is 3.47. The molecule has 0 saturated carbocycles. The topological polar surface area (TPSA) is 67.8 Å². The molecule has 0 atom stereocenters. The molecule has 0 aliphatic carbocycles. The van der Waals surface area contributed by atoms with Crippen LogP contribution in [-0.2, 0) is 6.54 Å². The fourth-order valence-electron chi connectivity index (χ4n) is 2.21. The van der Waals surface area contributed by atoms with Gasteiger partial charge >= 0.3 is 0 Å². The molecule has 1 aromatic carbocycles. The maximum atomic E-state index is 5.93. The molecule has 2 aromatic rings. The molecule has 0 amide bonds. The van der Waals surface area contributed by atoms with Gasteiger partial charge in [0.05, 0.1) is 19.7 Å². The maximum absolute atomic E-state index is 5.93. The van der Waals surface area contributed by atoms with Crippen molar-refractivity contribution in [3.8, 4) is 29.7 Å². The van der Waals surface area contributed by atoms with E-state index in [1.807, 2.05) is 43.3 Å². The van der Waals surface area contributed by atoms with E-state index in [0.29, 0.717) is 37.3 Å². The Morgan fingerprint density at radius 2 is 1.89 bits per heavy atom. The molecular formula is C21H27IN4O2. The first-order chi connectivity index (χ1) is 13.3. The van der Waals surface area contributed by atoms with E-state index in [2.05, 4.69) is 33.5 Å². The van der Waals surface area contributed by atoms with Crippen molar-refractivity contribution in [2.45, 2.75) is 26.8 Å². The number of hydrogen-bond donors (Lipinski definition) is 2. The molecule has 6 nitrogen and oxygen atoms in total. The minimum absolute atomic E-state index is 0. The van der Waals surface area contributed by atoms with Crippen molar-refractivity contribution in [1.82, 2.24) is 15.6 Å². The standard InChI is InChI=1S/C21H26N4O2.HI/c1-4-13-24-21(22-6-3)25-16-17-8-7-14-23-20(17)27-19-11-9-18(10-12-19)26-15-5-2;/h1,7-12,14H,5-6,13,15-16H2,2-3H3,(H2,22,24,25);1H. The van der Waals surface area contributed by atoms with Crippen molar-refractivity contribution < 1.29 is 9.47 Å². The first-order valence-corrected chi connectivity index (χ1v) is 9.07. The molecule has 7 heteroatoms. The number of halogens is 1. The highest BCUT2D eigenvalue weighted by Gasteiger charge is 2.07. The van der Waals surface area contributed by atoms with Crippen LogP contribution >= 0.6 is 24.0 Å². The Hall–Kier alpha value is -2.47. The molecule has 150 valence electrons. The molecule has 28 heavy (non-hydrogen) atoms. The Kier molecular flexibility index (Phi) is 11.5. The van der Waals surface area contributed by atoms with Crippen LogP contribution in [0.15, 0.2) is 47.6 Å². The van der Waals surface area contributed by atoms with Gasteiger partial charge in [0.25, 0.3) is 0 Å². The van der Waals surface area contributed by atoms with Crippen LogP contribution in [0.2, 0.25) is 0 Å². The zero-order valence-corrected chi connectivity index (χ0v) is 18.6. The van der Waals surface area contributed by atoms with E-state index in [1.165, 1.54) is 0 Å². The molecule has 0 unspecified atom stereocenters. The van der Waals surface area contributed by atoms with Gasteiger partial charge in [-0.05, 0) is 43.7 Å². The normalized spacial score (nSPS) is 10.4. The molecule has 0 fully saturated rings. The second kappa shape index (κ2) is 13.7. The molecule has 0 saturated heterocycles. The van der Waals surface area contributed by atoms with Crippen LogP contribution in [0, 0.1) is 12.3 Å². The van der Waals surface area contributed by atoms with Crippen LogP contribution in [0.25, 0.3) is 0 Å². The summed E-state index contributed by atoms with van der Waals surface area (Å²) in [6.07, 6.45) is 7.96. The Morgan fingerprint density at radius 3 is 2.57 bits per heavy atom. The summed E-state index contributed by atoms with van der Waals surface area (Å²) < 4.78 is 11.5. The second-order valence-corrected chi connectivity index (χ2v) is 5.64. The molecule has 0 spiro atoms. The summed E-state index contributed by atoms with van der Waals surface area (Å²) in [5.41, 5.74) is 0.877. The van der Waals surface area contributed by atoms with E-state index < -0.39 is 0 Å². The van der Waals surface area contributed by atoms with Gasteiger partial charge in [-0.15, -0.1) is 30.4 Å². The number of terminal acetylenes is 1. The van der Waals surface area contributed by atoms with E-state index in [0.717, 1.165) is 24.3 Å². The lowest BCUT2D eigenvalue weighted by atomic mass is 10.2. The Balaban J connectivity index is 0.00000392. The number of aromatic nitrogens is 1. The third kappa shape index (κ3) is 8.05. The fraction of sp³-hybridized carbons (Fsp3) is 0.333. The molecule has 0 aliphatic heterocycles. The van der Waals surface area contributed by atoms with E-state index in [-0.39, 0.29) is 24.0 Å². The number of rotatable bonds is 9. The van der Waals surface area contributed by atoms with Gasteiger partial charge in [-0.25, -0.2) is 9.98 Å². The average molecular weight is 494 g/mol. The number of ether oxygens (including phenoxy) is 2. The molecule has 2 N–H and O–H groups in total. The summed E-state index contributed by atoms with van der Waals surface area (Å²) in [5.74, 6) is 5.23. The van der Waals surface area contributed by atoms with Crippen LogP contribution in [0.3, 0.4) is 0 Å². The number of guanidine groups is 1. The lowest BCUT2D eigenvalue weighted by Gasteiger charge is -2.11. The van der Waals surface area contributed by atoms with Crippen molar-refractivity contribution >= 4 is 29.9 Å². The number of aliphatic imine (C=N–C) groups is 1. The number of hydrogen-bond acceptors (Lipinski definition) is 4. The SMILES string of the molecule is C#CCNC(=NCc1cccnc1Oc1ccc(OCCC)cc1)NCC.I. The van der Waals surface area contributed by atoms with Crippen LogP contribution in [-0.4, -0.2) is 30.6 Å². The predicted octanol–water partition coefficient (Wildman–Crippen LogP) is 3.97. The lowest BCUT2D eigenvalue weighted by Crippen LogP contribution is -2.37. The molecular weight excluding hydrogens is 467 g/mol. The zero-order valence-electron chi connectivity index (χ0n) is 16.3. The summed E-state index contributed by atoms with van der Waals surface area (Å²) >= 11 is 0. The van der Waals surface area contributed by atoms with E-state index >= 15 is 0 Å². The summed E-state index contributed by atoms with van der Waals surface area (Å²) in [6.45, 7) is 6.35. The largest absolute Gasteiger partial charge is 0.494 e. The number of pyridine rings is 1. The quantitative estimate of drug-likeness (QED) is 0.239. The zero-order chi connectivity index (χ0) is 19.3. The first kappa shape index (κ1) is 23.6. The van der Waals surface area contributed by atoms with Gasteiger partial charge in [-0.2, -0.15) is 0 Å². The molecule has 0 radical (unpaired) electrons. The Bertz CT molecular complexity index is 773. The van der Waals surface area contributed by atoms with E-state index in [4.69, 9.17) is 15.9 Å². The smallest absolute Gasteiger partial charge is 0.224 e. The summed E-state index contributed by atoms with van der Waals surface area (Å²) in [7, 11) is 0. The van der Waals surface area contributed by atoms with E-state index in [9.17, 15) is 0 Å².